The number of benzene rings is 2. The minimum absolute atomic E-state index is 0.0529. The van der Waals surface area contributed by atoms with Crippen molar-refractivity contribution in [2.24, 2.45) is 7.05 Å². The van der Waals surface area contributed by atoms with Gasteiger partial charge in [0, 0.05) is 37.3 Å². The number of amides is 2. The first kappa shape index (κ1) is 26.6. The number of carbonyl (C=O) groups is 2. The zero-order chi connectivity index (χ0) is 28.4. The molecular formula is C30H31N7O3. The molecule has 0 saturated carbocycles. The molecule has 1 aliphatic rings. The number of hydrogen-bond donors (Lipinski definition) is 2. The summed E-state index contributed by atoms with van der Waals surface area (Å²) >= 11 is 0. The van der Waals surface area contributed by atoms with Crippen LogP contribution in [-0.2, 0) is 11.8 Å². The molecule has 1 atom stereocenters. The maximum absolute atomic E-state index is 13.2. The number of nitrogen functional groups attached to an aromatic ring is 1. The van der Waals surface area contributed by atoms with Crippen molar-refractivity contribution in [3.63, 3.8) is 0 Å². The van der Waals surface area contributed by atoms with Crippen molar-refractivity contribution in [2.75, 3.05) is 24.1 Å². The van der Waals surface area contributed by atoms with Crippen LogP contribution in [0.3, 0.4) is 0 Å². The van der Waals surface area contributed by atoms with Gasteiger partial charge in [0.15, 0.2) is 0 Å². The molecule has 1 fully saturated rings. The smallest absolute Gasteiger partial charge is 0.284 e. The Morgan fingerprint density at radius 3 is 2.55 bits per heavy atom. The minimum Gasteiger partial charge on any atom is -0.382 e. The number of rotatable bonds is 6. The van der Waals surface area contributed by atoms with Gasteiger partial charge in [-0.3, -0.25) is 19.1 Å². The van der Waals surface area contributed by atoms with E-state index >= 15 is 0 Å². The van der Waals surface area contributed by atoms with Crippen LogP contribution in [0.5, 0.6) is 0 Å². The topological polar surface area (TPSA) is 128 Å². The van der Waals surface area contributed by atoms with Gasteiger partial charge in [-0.2, -0.15) is 0 Å². The van der Waals surface area contributed by atoms with Crippen LogP contribution in [0.25, 0.3) is 16.9 Å². The second-order valence-corrected chi connectivity index (χ2v) is 9.82. The number of nitrogens with one attached hydrogen (secondary N) is 1. The number of hydrogen-bond acceptors (Lipinski definition) is 6. The van der Waals surface area contributed by atoms with Crippen molar-refractivity contribution in [1.82, 2.24) is 24.2 Å². The van der Waals surface area contributed by atoms with Gasteiger partial charge in [-0.1, -0.05) is 36.9 Å². The van der Waals surface area contributed by atoms with Crippen LogP contribution >= 0.6 is 0 Å². The fraction of sp³-hybridized carbons (Fsp3) is 0.233. The molecule has 0 bridgehead atoms. The van der Waals surface area contributed by atoms with Gasteiger partial charge in [0.2, 0.25) is 5.91 Å². The average Bonchev–Trinajstić information content (AvgIpc) is 3.21. The largest absolute Gasteiger partial charge is 0.382 e. The Morgan fingerprint density at radius 1 is 1.12 bits per heavy atom. The number of aromatic nitrogens is 4. The average molecular weight is 538 g/mol. The molecule has 10 heteroatoms. The van der Waals surface area contributed by atoms with Crippen LogP contribution in [0.15, 0.2) is 78.2 Å². The zero-order valence-electron chi connectivity index (χ0n) is 22.5. The normalized spacial score (nSPS) is 15.1. The summed E-state index contributed by atoms with van der Waals surface area (Å²) in [6.45, 7) is 6.58. The molecule has 3 N–H and O–H groups in total. The molecule has 4 aromatic rings. The van der Waals surface area contributed by atoms with Gasteiger partial charge >= 0.3 is 0 Å². The summed E-state index contributed by atoms with van der Waals surface area (Å²) < 4.78 is 3.14. The van der Waals surface area contributed by atoms with Crippen molar-refractivity contribution in [2.45, 2.75) is 25.7 Å². The second-order valence-electron chi connectivity index (χ2n) is 9.82. The Balaban J connectivity index is 1.36. The molecule has 40 heavy (non-hydrogen) atoms. The van der Waals surface area contributed by atoms with Crippen LogP contribution in [-0.4, -0.2) is 49.1 Å². The third-order valence-electron chi connectivity index (χ3n) is 7.34. The van der Waals surface area contributed by atoms with Gasteiger partial charge in [0.05, 0.1) is 23.3 Å². The van der Waals surface area contributed by atoms with Crippen molar-refractivity contribution in [3.8, 4) is 16.9 Å². The Kier molecular flexibility index (Phi) is 7.33. The second kappa shape index (κ2) is 11.0. The fourth-order valence-electron chi connectivity index (χ4n) is 5.10. The van der Waals surface area contributed by atoms with E-state index in [1.807, 2.05) is 30.3 Å². The first-order valence-corrected chi connectivity index (χ1v) is 13.1. The van der Waals surface area contributed by atoms with Gasteiger partial charge in [-0.15, -0.1) is 0 Å². The molecule has 1 aliphatic heterocycles. The predicted octanol–water partition coefficient (Wildman–Crippen LogP) is 3.67. The van der Waals surface area contributed by atoms with Crippen molar-refractivity contribution >= 4 is 23.3 Å². The molecular weight excluding hydrogens is 506 g/mol. The number of para-hydroxylation sites is 1. The molecule has 0 radical (unpaired) electrons. The maximum Gasteiger partial charge on any atom is 0.284 e. The highest BCUT2D eigenvalue weighted by Gasteiger charge is 2.26. The zero-order valence-corrected chi connectivity index (χ0v) is 22.5. The van der Waals surface area contributed by atoms with E-state index in [1.54, 1.807) is 54.0 Å². The molecule has 0 aliphatic carbocycles. The van der Waals surface area contributed by atoms with Crippen molar-refractivity contribution in [1.29, 1.82) is 0 Å². The first-order valence-electron chi connectivity index (χ1n) is 13.1. The molecule has 0 spiro atoms. The number of anilines is 2. The lowest BCUT2D eigenvalue weighted by Crippen LogP contribution is -2.38. The summed E-state index contributed by atoms with van der Waals surface area (Å²) in [5, 5.41) is 2.83. The van der Waals surface area contributed by atoms with E-state index in [0.717, 1.165) is 24.1 Å². The van der Waals surface area contributed by atoms with Crippen LogP contribution < -0.4 is 16.6 Å². The van der Waals surface area contributed by atoms with Crippen LogP contribution in [0.4, 0.5) is 11.5 Å². The molecule has 10 nitrogen and oxygen atoms in total. The number of nitrogens with two attached hydrogens (primary N) is 1. The van der Waals surface area contributed by atoms with Crippen LogP contribution in [0, 0.1) is 6.92 Å². The standard InChI is InChI=1S/C30H31N7O3/c1-4-25(38)36-16-8-9-21(18-36)24-17-32-28(31)27(34-24)20-12-14-22(15-13-20)33-29(39)26-19(2)35(3)37(30(26)40)23-10-6-5-7-11-23/h4-7,10-15,17,21H,1,8-9,16,18H2,2-3H3,(H2,31,32)(H,33,39). The van der Waals surface area contributed by atoms with E-state index in [-0.39, 0.29) is 23.2 Å². The molecule has 1 saturated heterocycles. The third kappa shape index (κ3) is 5.03. The molecule has 1 unspecified atom stereocenters. The summed E-state index contributed by atoms with van der Waals surface area (Å²) in [6.07, 6.45) is 4.78. The summed E-state index contributed by atoms with van der Waals surface area (Å²) in [5.74, 6) is -0.234. The summed E-state index contributed by atoms with van der Waals surface area (Å²) in [7, 11) is 1.75. The quantitative estimate of drug-likeness (QED) is 0.361. The number of likely N-dealkylation sites (tertiary alicyclic amines) is 1. The lowest BCUT2D eigenvalue weighted by molar-refractivity contribution is -0.127. The van der Waals surface area contributed by atoms with E-state index in [9.17, 15) is 14.4 Å². The van der Waals surface area contributed by atoms with E-state index in [1.165, 1.54) is 10.8 Å². The first-order chi connectivity index (χ1) is 19.3. The fourth-order valence-corrected chi connectivity index (χ4v) is 5.10. The van der Waals surface area contributed by atoms with Crippen molar-refractivity contribution < 1.29 is 9.59 Å². The number of piperidine rings is 1. The van der Waals surface area contributed by atoms with Gasteiger partial charge in [0.1, 0.15) is 17.1 Å². The van der Waals surface area contributed by atoms with Crippen LogP contribution in [0.2, 0.25) is 0 Å². The van der Waals surface area contributed by atoms with Crippen molar-refractivity contribution in [3.05, 3.63) is 101 Å². The Hall–Kier alpha value is -4.99. The third-order valence-corrected chi connectivity index (χ3v) is 7.34. The molecule has 204 valence electrons. The Bertz CT molecular complexity index is 1640. The summed E-state index contributed by atoms with van der Waals surface area (Å²) in [5.41, 5.74) is 9.67. The lowest BCUT2D eigenvalue weighted by atomic mass is 9.94. The SMILES string of the molecule is C=CC(=O)N1CCCC(c2cnc(N)c(-c3ccc(NC(=O)c4c(C)n(C)n(-c5ccccc5)c4=O)cc3)n2)C1. The van der Waals surface area contributed by atoms with Gasteiger partial charge in [-0.25, -0.2) is 14.6 Å². The lowest BCUT2D eigenvalue weighted by Gasteiger charge is -2.31. The van der Waals surface area contributed by atoms with Crippen LogP contribution in [0.1, 0.15) is 40.5 Å². The van der Waals surface area contributed by atoms with Gasteiger partial charge in [-0.05, 0) is 50.1 Å². The Labute approximate surface area is 231 Å². The maximum atomic E-state index is 13.2. The van der Waals surface area contributed by atoms with E-state index in [0.29, 0.717) is 35.9 Å². The molecule has 5 rings (SSSR count). The number of carbonyl (C=O) groups excluding carboxylic acids is 2. The van der Waals surface area contributed by atoms with E-state index in [4.69, 9.17) is 10.7 Å². The van der Waals surface area contributed by atoms with Gasteiger partial charge < -0.3 is 16.0 Å². The van der Waals surface area contributed by atoms with Gasteiger partial charge in [0.25, 0.3) is 11.5 Å². The minimum atomic E-state index is -0.488. The predicted molar refractivity (Wildman–Crippen MR) is 154 cm³/mol. The number of nitrogens with zero attached hydrogens (tertiary/aromatic N) is 5. The molecule has 2 aromatic carbocycles. The molecule has 3 heterocycles. The highest BCUT2D eigenvalue weighted by molar-refractivity contribution is 6.05. The highest BCUT2D eigenvalue weighted by atomic mass is 16.2. The molecule has 2 aromatic heterocycles. The Morgan fingerprint density at radius 2 is 1.85 bits per heavy atom. The molecule has 2 amide bonds. The van der Waals surface area contributed by atoms with E-state index in [2.05, 4.69) is 16.9 Å². The van der Waals surface area contributed by atoms with E-state index < -0.39 is 11.5 Å². The summed E-state index contributed by atoms with van der Waals surface area (Å²) in [4.78, 5) is 49.4. The monoisotopic (exact) mass is 537 g/mol. The summed E-state index contributed by atoms with van der Waals surface area (Å²) in [6, 6.07) is 16.2. The highest BCUT2D eigenvalue weighted by Crippen LogP contribution is 2.30.